The first-order valence-electron chi connectivity index (χ1n) is 3.12. The van der Waals surface area contributed by atoms with E-state index in [9.17, 15) is 4.79 Å². The van der Waals surface area contributed by atoms with Crippen LogP contribution in [0.15, 0.2) is 0 Å². The lowest BCUT2D eigenvalue weighted by Gasteiger charge is -2.24. The zero-order valence-electron chi connectivity index (χ0n) is 5.46. The average molecular weight is 129 g/mol. The van der Waals surface area contributed by atoms with E-state index < -0.39 is 0 Å². The number of hydrogen-bond donors (Lipinski definition) is 1. The van der Waals surface area contributed by atoms with Crippen molar-refractivity contribution in [3.05, 3.63) is 0 Å². The fourth-order valence-corrected chi connectivity index (χ4v) is 0.912. The molecule has 1 rings (SSSR count). The molecule has 0 aromatic carbocycles. The number of morpholine rings is 1. The SMILES string of the molecule is C[C@@H]1COCC(C=O)N1. The van der Waals surface area contributed by atoms with Crippen LogP contribution in [-0.2, 0) is 9.53 Å². The van der Waals surface area contributed by atoms with E-state index >= 15 is 0 Å². The molecule has 1 N–H and O–H groups in total. The van der Waals surface area contributed by atoms with E-state index in [1.54, 1.807) is 0 Å². The quantitative estimate of drug-likeness (QED) is 0.488. The van der Waals surface area contributed by atoms with Crippen LogP contribution in [0.4, 0.5) is 0 Å². The maximum absolute atomic E-state index is 10.2. The van der Waals surface area contributed by atoms with Crippen molar-refractivity contribution in [1.29, 1.82) is 0 Å². The van der Waals surface area contributed by atoms with Crippen LogP contribution in [0.2, 0.25) is 0 Å². The zero-order chi connectivity index (χ0) is 6.69. The summed E-state index contributed by atoms with van der Waals surface area (Å²) in [7, 11) is 0. The summed E-state index contributed by atoms with van der Waals surface area (Å²) in [5.41, 5.74) is 0. The lowest BCUT2D eigenvalue weighted by molar-refractivity contribution is -0.112. The van der Waals surface area contributed by atoms with E-state index in [1.165, 1.54) is 0 Å². The Morgan fingerprint density at radius 1 is 1.67 bits per heavy atom. The number of rotatable bonds is 1. The molecule has 52 valence electrons. The van der Waals surface area contributed by atoms with Crippen molar-refractivity contribution in [2.45, 2.75) is 19.0 Å². The summed E-state index contributed by atoms with van der Waals surface area (Å²) < 4.78 is 5.09. The van der Waals surface area contributed by atoms with Gasteiger partial charge in [0.15, 0.2) is 0 Å². The van der Waals surface area contributed by atoms with Gasteiger partial charge in [-0.05, 0) is 6.92 Å². The molecule has 0 amide bonds. The van der Waals surface area contributed by atoms with Crippen LogP contribution in [0.25, 0.3) is 0 Å². The Labute approximate surface area is 54.4 Å². The highest BCUT2D eigenvalue weighted by Gasteiger charge is 2.16. The molecule has 0 radical (unpaired) electrons. The monoisotopic (exact) mass is 129 g/mol. The third-order valence-electron chi connectivity index (χ3n) is 1.33. The van der Waals surface area contributed by atoms with Gasteiger partial charge in [-0.15, -0.1) is 0 Å². The molecule has 0 aromatic rings. The Kier molecular flexibility index (Phi) is 2.19. The van der Waals surface area contributed by atoms with Crippen molar-refractivity contribution in [1.82, 2.24) is 5.32 Å². The third kappa shape index (κ3) is 1.77. The predicted molar refractivity (Wildman–Crippen MR) is 33.3 cm³/mol. The molecule has 9 heavy (non-hydrogen) atoms. The molecule has 0 aromatic heterocycles. The summed E-state index contributed by atoms with van der Waals surface area (Å²) >= 11 is 0. The van der Waals surface area contributed by atoms with Crippen molar-refractivity contribution in [2.75, 3.05) is 13.2 Å². The lowest BCUT2D eigenvalue weighted by Crippen LogP contribution is -2.48. The number of nitrogens with one attached hydrogen (secondary N) is 1. The van der Waals surface area contributed by atoms with Crippen LogP contribution in [0.3, 0.4) is 0 Å². The van der Waals surface area contributed by atoms with Gasteiger partial charge in [0.25, 0.3) is 0 Å². The summed E-state index contributed by atoms with van der Waals surface area (Å²) in [4.78, 5) is 10.2. The smallest absolute Gasteiger partial charge is 0.139 e. The van der Waals surface area contributed by atoms with Crippen molar-refractivity contribution in [2.24, 2.45) is 0 Å². The minimum Gasteiger partial charge on any atom is -0.378 e. The summed E-state index contributed by atoms with van der Waals surface area (Å²) in [5.74, 6) is 0. The maximum Gasteiger partial charge on any atom is 0.139 e. The number of ether oxygens (including phenoxy) is 1. The number of carbonyl (C=O) groups is 1. The minimum atomic E-state index is -0.0891. The minimum absolute atomic E-state index is 0.0891. The first kappa shape index (κ1) is 6.71. The van der Waals surface area contributed by atoms with Gasteiger partial charge in [-0.3, -0.25) is 0 Å². The molecule has 0 bridgehead atoms. The van der Waals surface area contributed by atoms with Crippen molar-refractivity contribution >= 4 is 6.29 Å². The molecular weight excluding hydrogens is 118 g/mol. The molecule has 3 nitrogen and oxygen atoms in total. The van der Waals surface area contributed by atoms with Gasteiger partial charge < -0.3 is 14.8 Å². The normalized spacial score (nSPS) is 36.1. The van der Waals surface area contributed by atoms with Gasteiger partial charge >= 0.3 is 0 Å². The van der Waals surface area contributed by atoms with Gasteiger partial charge in [-0.1, -0.05) is 0 Å². The third-order valence-corrected chi connectivity index (χ3v) is 1.33. The van der Waals surface area contributed by atoms with Gasteiger partial charge in [0, 0.05) is 6.04 Å². The predicted octanol–water partition coefficient (Wildman–Crippen LogP) is -0.438. The van der Waals surface area contributed by atoms with E-state index in [4.69, 9.17) is 4.74 Å². The number of hydrogen-bond acceptors (Lipinski definition) is 3. The lowest BCUT2D eigenvalue weighted by atomic mass is 10.2. The summed E-state index contributed by atoms with van der Waals surface area (Å²) in [6.07, 6.45) is 0.885. The van der Waals surface area contributed by atoms with Crippen molar-refractivity contribution < 1.29 is 9.53 Å². The van der Waals surface area contributed by atoms with Crippen LogP contribution in [-0.4, -0.2) is 31.6 Å². The Morgan fingerprint density at radius 2 is 2.44 bits per heavy atom. The Bertz CT molecular complexity index is 105. The molecule has 0 spiro atoms. The fraction of sp³-hybridized carbons (Fsp3) is 0.833. The van der Waals surface area contributed by atoms with Crippen LogP contribution in [0.5, 0.6) is 0 Å². The summed E-state index contributed by atoms with van der Waals surface area (Å²) in [6, 6.07) is 0.225. The van der Waals surface area contributed by atoms with Crippen LogP contribution in [0.1, 0.15) is 6.92 Å². The molecular formula is C6H11NO2. The van der Waals surface area contributed by atoms with Crippen LogP contribution < -0.4 is 5.32 Å². The van der Waals surface area contributed by atoms with E-state index in [2.05, 4.69) is 5.32 Å². The molecule has 2 atom stereocenters. The largest absolute Gasteiger partial charge is 0.378 e. The number of aldehydes is 1. The topological polar surface area (TPSA) is 38.3 Å². The second-order valence-corrected chi connectivity index (χ2v) is 2.35. The van der Waals surface area contributed by atoms with Gasteiger partial charge in [-0.25, -0.2) is 0 Å². The molecule has 1 fully saturated rings. The van der Waals surface area contributed by atoms with Crippen LogP contribution >= 0.6 is 0 Å². The second kappa shape index (κ2) is 2.94. The molecule has 1 saturated heterocycles. The molecule has 1 heterocycles. The Morgan fingerprint density at radius 3 is 2.89 bits per heavy atom. The Balaban J connectivity index is 2.31. The molecule has 1 aliphatic heterocycles. The highest BCUT2D eigenvalue weighted by molar-refractivity contribution is 5.57. The van der Waals surface area contributed by atoms with E-state index in [0.717, 1.165) is 6.29 Å². The first-order chi connectivity index (χ1) is 4.33. The molecule has 3 heteroatoms. The molecule has 1 aliphatic rings. The summed E-state index contributed by atoms with van der Waals surface area (Å²) in [6.45, 7) is 3.23. The number of carbonyl (C=O) groups excluding carboxylic acids is 1. The van der Waals surface area contributed by atoms with Gasteiger partial charge in [0.2, 0.25) is 0 Å². The molecule has 1 unspecified atom stereocenters. The van der Waals surface area contributed by atoms with Crippen molar-refractivity contribution in [3.8, 4) is 0 Å². The summed E-state index contributed by atoms with van der Waals surface area (Å²) in [5, 5.41) is 3.07. The van der Waals surface area contributed by atoms with E-state index in [0.29, 0.717) is 19.3 Å². The zero-order valence-corrected chi connectivity index (χ0v) is 5.46. The van der Waals surface area contributed by atoms with Crippen LogP contribution in [0, 0.1) is 0 Å². The van der Waals surface area contributed by atoms with E-state index in [-0.39, 0.29) is 6.04 Å². The average Bonchev–Trinajstić information content (AvgIpc) is 1.88. The molecule has 0 saturated carbocycles. The highest BCUT2D eigenvalue weighted by Crippen LogP contribution is 1.95. The maximum atomic E-state index is 10.2. The second-order valence-electron chi connectivity index (χ2n) is 2.35. The Hall–Kier alpha value is -0.410. The van der Waals surface area contributed by atoms with Gasteiger partial charge in [0.05, 0.1) is 19.3 Å². The van der Waals surface area contributed by atoms with Gasteiger partial charge in [-0.2, -0.15) is 0 Å². The van der Waals surface area contributed by atoms with Crippen molar-refractivity contribution in [3.63, 3.8) is 0 Å². The van der Waals surface area contributed by atoms with Gasteiger partial charge in [0.1, 0.15) is 6.29 Å². The fourth-order valence-electron chi connectivity index (χ4n) is 0.912. The molecule has 0 aliphatic carbocycles. The first-order valence-corrected chi connectivity index (χ1v) is 3.12. The van der Waals surface area contributed by atoms with E-state index in [1.807, 2.05) is 6.92 Å². The standard InChI is InChI=1S/C6H11NO2/c1-5-3-9-4-6(2-8)7-5/h2,5-7H,3-4H2,1H3/t5-,6?/m1/s1. The highest BCUT2D eigenvalue weighted by atomic mass is 16.5.